The lowest BCUT2D eigenvalue weighted by atomic mass is 10.0. The van der Waals surface area contributed by atoms with E-state index in [1.807, 2.05) is 88.4 Å². The molecule has 0 spiro atoms. The van der Waals surface area contributed by atoms with Crippen LogP contribution in [0.1, 0.15) is 67.8 Å². The smallest absolute Gasteiger partial charge is 0.337 e. The fourth-order valence-electron chi connectivity index (χ4n) is 7.93. The summed E-state index contributed by atoms with van der Waals surface area (Å²) in [6.45, 7) is 1.91. The zero-order chi connectivity index (χ0) is 43.0. The molecule has 5 N–H and O–H groups in total. The molecule has 1 aliphatic rings. The number of hydrogen-bond donors (Lipinski definition) is 4. The molecule has 2 amide bonds. The number of carboxylic acids is 1. The van der Waals surface area contributed by atoms with E-state index in [2.05, 4.69) is 20.3 Å². The average Bonchev–Trinajstić information content (AvgIpc) is 3.89. The molecule has 0 aliphatic carbocycles. The Morgan fingerprint density at radius 3 is 2.39 bits per heavy atom. The number of anilines is 1. The minimum Gasteiger partial charge on any atom is -0.492 e. The number of carboxylic acid groups (broad SMARTS) is 1. The van der Waals surface area contributed by atoms with Gasteiger partial charge in [0, 0.05) is 54.2 Å². The quantitative estimate of drug-likeness (QED) is 0.0643. The number of hydrogen-bond acceptors (Lipinski definition) is 9. The van der Waals surface area contributed by atoms with Gasteiger partial charge in [0.25, 0.3) is 0 Å². The first-order valence-corrected chi connectivity index (χ1v) is 21.2. The van der Waals surface area contributed by atoms with E-state index < -0.39 is 5.97 Å². The number of nitrogens with zero attached hydrogens (tertiary/aromatic N) is 5. The molecule has 0 bridgehead atoms. The zero-order valence-electron chi connectivity index (χ0n) is 34.1. The molecule has 8 rings (SSSR count). The van der Waals surface area contributed by atoms with Gasteiger partial charge in [-0.3, -0.25) is 9.59 Å². The summed E-state index contributed by atoms with van der Waals surface area (Å²) in [6, 6.07) is 28.1. The Kier molecular flexibility index (Phi) is 12.9. The number of nitrogen functional groups attached to an aromatic ring is 1. The molecule has 4 aromatic carbocycles. The Balaban J connectivity index is 0.748. The summed E-state index contributed by atoms with van der Waals surface area (Å²) >= 11 is 6.51. The van der Waals surface area contributed by atoms with Crippen LogP contribution >= 0.6 is 11.6 Å². The first kappa shape index (κ1) is 41.8. The highest BCUT2D eigenvalue weighted by Crippen LogP contribution is 2.36. The van der Waals surface area contributed by atoms with Crippen molar-refractivity contribution in [3.63, 3.8) is 0 Å². The normalized spacial score (nSPS) is 14.0. The number of aromatic nitrogens is 5. The molecular formula is C47H47ClN8O6. The summed E-state index contributed by atoms with van der Waals surface area (Å²) in [7, 11) is 0. The number of rotatable bonds is 17. The van der Waals surface area contributed by atoms with E-state index in [1.165, 1.54) is 12.5 Å². The number of carbonyl (C=O) groups excluding carboxylic acids is 2. The van der Waals surface area contributed by atoms with E-state index in [-0.39, 0.29) is 23.4 Å². The number of nitrogens with one attached hydrogen (secondary N) is 2. The molecule has 14 nitrogen and oxygen atoms in total. The van der Waals surface area contributed by atoms with Crippen molar-refractivity contribution in [2.24, 2.45) is 0 Å². The molecule has 7 aromatic rings. The van der Waals surface area contributed by atoms with Crippen molar-refractivity contribution >= 4 is 57.1 Å². The third kappa shape index (κ3) is 9.66. The molecule has 1 aliphatic heterocycles. The van der Waals surface area contributed by atoms with E-state index in [0.29, 0.717) is 94.6 Å². The molecule has 0 unspecified atom stereocenters. The number of fused-ring (bicyclic) bond motifs is 2. The lowest BCUT2D eigenvalue weighted by Gasteiger charge is -2.33. The van der Waals surface area contributed by atoms with Crippen molar-refractivity contribution in [2.45, 2.75) is 57.4 Å². The van der Waals surface area contributed by atoms with Gasteiger partial charge in [0.15, 0.2) is 5.65 Å². The molecule has 15 heteroatoms. The standard InChI is InChI=1S/C47H47ClN8O6/c48-39-26-40-37(38(27-51-40)47(59)60)25-36(39)30-14-18-33(19-15-30)61-24-22-50-41(57)12-6-1-2-7-13-42(58)55-23-8-9-32(28-55)56-46-43(45(49)52-29-53-46)44(54-56)31-16-20-35(21-17-31)62-34-10-4-3-5-11-34/h3-5,10-11,14-21,25-27,29,32,51H,1-2,6-9,12-13,22-24,28H2,(H,50,57)(H,59,60)(H2,49,52,53)/t32-/m1/s1. The lowest BCUT2D eigenvalue weighted by molar-refractivity contribution is -0.133. The number of amides is 2. The summed E-state index contributed by atoms with van der Waals surface area (Å²) in [6.07, 6.45) is 8.69. The number of ether oxygens (including phenoxy) is 2. The predicted octanol–water partition coefficient (Wildman–Crippen LogP) is 9.07. The Morgan fingerprint density at radius 1 is 0.887 bits per heavy atom. The molecule has 62 heavy (non-hydrogen) atoms. The van der Waals surface area contributed by atoms with Gasteiger partial charge in [-0.1, -0.05) is 54.8 Å². The number of unbranched alkanes of at least 4 members (excludes halogenated alkanes) is 3. The fourth-order valence-corrected chi connectivity index (χ4v) is 8.20. The van der Waals surface area contributed by atoms with Gasteiger partial charge in [0.1, 0.15) is 41.7 Å². The third-order valence-electron chi connectivity index (χ3n) is 11.1. The van der Waals surface area contributed by atoms with Crippen molar-refractivity contribution in [1.82, 2.24) is 34.9 Å². The van der Waals surface area contributed by atoms with Crippen LogP contribution in [0.5, 0.6) is 17.2 Å². The maximum Gasteiger partial charge on any atom is 0.337 e. The molecule has 0 radical (unpaired) electrons. The van der Waals surface area contributed by atoms with Crippen LogP contribution in [0.15, 0.2) is 104 Å². The second-order valence-electron chi connectivity index (χ2n) is 15.3. The number of aromatic carboxylic acids is 1. The number of nitrogens with two attached hydrogens (primary N) is 1. The Labute approximate surface area is 363 Å². The van der Waals surface area contributed by atoms with Crippen LogP contribution in [0.4, 0.5) is 5.82 Å². The third-order valence-corrected chi connectivity index (χ3v) is 11.4. The average molecular weight is 855 g/mol. The molecule has 4 heterocycles. The summed E-state index contributed by atoms with van der Waals surface area (Å²) in [5.74, 6) is 1.52. The Hall–Kier alpha value is -6.93. The second-order valence-corrected chi connectivity index (χ2v) is 15.8. The van der Waals surface area contributed by atoms with Crippen LogP contribution in [0.3, 0.4) is 0 Å². The molecule has 1 saturated heterocycles. The highest BCUT2D eigenvalue weighted by Gasteiger charge is 2.28. The van der Waals surface area contributed by atoms with Crippen LogP contribution in [0.25, 0.3) is 44.3 Å². The van der Waals surface area contributed by atoms with Crippen molar-refractivity contribution in [3.8, 4) is 39.6 Å². The largest absolute Gasteiger partial charge is 0.492 e. The SMILES string of the molecule is Nc1ncnc2c1c(-c1ccc(Oc3ccccc3)cc1)nn2[C@@H]1CCCN(C(=O)CCCCCCC(=O)NCCOc2ccc(-c3cc4c(C(=O)O)c[nH]c4cc3Cl)cc2)C1. The fraction of sp³-hybridized carbons (Fsp3) is 0.277. The number of benzene rings is 4. The minimum atomic E-state index is -1.01. The Bertz CT molecular complexity index is 2680. The molecule has 1 fully saturated rings. The maximum atomic E-state index is 13.4. The molecule has 0 saturated carbocycles. The van der Waals surface area contributed by atoms with Crippen LogP contribution in [-0.2, 0) is 9.59 Å². The van der Waals surface area contributed by atoms with Gasteiger partial charge in [0.05, 0.1) is 28.6 Å². The van der Waals surface area contributed by atoms with Crippen LogP contribution in [0, 0.1) is 0 Å². The van der Waals surface area contributed by atoms with E-state index in [0.717, 1.165) is 55.4 Å². The van der Waals surface area contributed by atoms with Crippen LogP contribution in [-0.4, -0.2) is 78.8 Å². The zero-order valence-corrected chi connectivity index (χ0v) is 34.8. The summed E-state index contributed by atoms with van der Waals surface area (Å²) in [5.41, 5.74) is 11.0. The topological polar surface area (TPSA) is 191 Å². The van der Waals surface area contributed by atoms with Crippen molar-refractivity contribution < 1.29 is 29.0 Å². The molecular weight excluding hydrogens is 808 g/mol. The molecule has 1 atom stereocenters. The number of H-pyrrole nitrogens is 1. The first-order chi connectivity index (χ1) is 30.2. The van der Waals surface area contributed by atoms with Gasteiger partial charge in [-0.05, 0) is 91.9 Å². The van der Waals surface area contributed by atoms with Gasteiger partial charge in [-0.2, -0.15) is 5.10 Å². The predicted molar refractivity (Wildman–Crippen MR) is 238 cm³/mol. The second kappa shape index (κ2) is 19.2. The lowest BCUT2D eigenvalue weighted by Crippen LogP contribution is -2.40. The van der Waals surface area contributed by atoms with Crippen LogP contribution in [0.2, 0.25) is 5.02 Å². The van der Waals surface area contributed by atoms with E-state index in [1.54, 1.807) is 12.1 Å². The van der Waals surface area contributed by atoms with Gasteiger partial charge in [-0.25, -0.2) is 19.4 Å². The van der Waals surface area contributed by atoms with E-state index in [4.69, 9.17) is 31.9 Å². The monoisotopic (exact) mass is 854 g/mol. The number of para-hydroxylation sites is 1. The van der Waals surface area contributed by atoms with E-state index in [9.17, 15) is 19.5 Å². The van der Waals surface area contributed by atoms with Crippen LogP contribution < -0.4 is 20.5 Å². The summed E-state index contributed by atoms with van der Waals surface area (Å²) in [5, 5.41) is 19.2. The first-order valence-electron chi connectivity index (χ1n) is 20.9. The number of carbonyl (C=O) groups is 3. The number of aromatic amines is 1. The minimum absolute atomic E-state index is 0.0367. The number of halogens is 1. The maximum absolute atomic E-state index is 13.4. The van der Waals surface area contributed by atoms with Crippen molar-refractivity contribution in [3.05, 3.63) is 114 Å². The highest BCUT2D eigenvalue weighted by molar-refractivity contribution is 6.34. The molecule has 3 aromatic heterocycles. The van der Waals surface area contributed by atoms with E-state index >= 15 is 0 Å². The summed E-state index contributed by atoms with van der Waals surface area (Å²) < 4.78 is 13.7. The number of likely N-dealkylation sites (tertiary alicyclic amines) is 1. The van der Waals surface area contributed by atoms with Gasteiger partial charge in [0.2, 0.25) is 11.8 Å². The summed E-state index contributed by atoms with van der Waals surface area (Å²) in [4.78, 5) is 51.2. The van der Waals surface area contributed by atoms with Gasteiger partial charge < -0.3 is 35.5 Å². The Morgan fingerprint density at radius 2 is 1.61 bits per heavy atom. The highest BCUT2D eigenvalue weighted by atomic mass is 35.5. The number of piperidine rings is 1. The van der Waals surface area contributed by atoms with Crippen molar-refractivity contribution in [2.75, 3.05) is 32.0 Å². The van der Waals surface area contributed by atoms with Gasteiger partial charge in [-0.15, -0.1) is 0 Å². The van der Waals surface area contributed by atoms with Crippen molar-refractivity contribution in [1.29, 1.82) is 0 Å². The van der Waals surface area contributed by atoms with Gasteiger partial charge >= 0.3 is 5.97 Å². The molecule has 318 valence electrons.